The van der Waals surface area contributed by atoms with E-state index in [1.54, 1.807) is 26.0 Å². The van der Waals surface area contributed by atoms with Gasteiger partial charge in [0.15, 0.2) is 0 Å². The molecule has 0 amide bonds. The molecule has 3 aromatic rings. The zero-order valence-corrected chi connectivity index (χ0v) is 20.8. The van der Waals surface area contributed by atoms with Crippen molar-refractivity contribution >= 4 is 23.0 Å². The van der Waals surface area contributed by atoms with E-state index in [9.17, 15) is 0 Å². The Balaban J connectivity index is 1.70. The summed E-state index contributed by atoms with van der Waals surface area (Å²) in [6.45, 7) is 4.78. The normalized spacial score (nSPS) is 18.5. The van der Waals surface area contributed by atoms with Crippen LogP contribution in [0.25, 0.3) is 16.8 Å². The first-order valence-electron chi connectivity index (χ1n) is 11.8. The number of fused-ring (bicyclic) bond motifs is 1. The number of pyridine rings is 1. The Labute approximate surface area is 200 Å². The second kappa shape index (κ2) is 9.47. The van der Waals surface area contributed by atoms with Gasteiger partial charge in [0.1, 0.15) is 16.5 Å². The van der Waals surface area contributed by atoms with Crippen LogP contribution < -0.4 is 14.4 Å². The Kier molecular flexibility index (Phi) is 6.43. The van der Waals surface area contributed by atoms with Gasteiger partial charge >= 0.3 is 0 Å². The first kappa shape index (κ1) is 22.4. The molecule has 1 saturated carbocycles. The van der Waals surface area contributed by atoms with Crippen molar-refractivity contribution in [2.45, 2.75) is 43.7 Å². The molecule has 6 nitrogen and oxygen atoms in total. The fourth-order valence-electron chi connectivity index (χ4n) is 4.90. The zero-order chi connectivity index (χ0) is 22.9. The number of nitrogens with zero attached hydrogens (tertiary/aromatic N) is 3. The van der Waals surface area contributed by atoms with Crippen molar-refractivity contribution in [2.24, 2.45) is 5.92 Å². The lowest BCUT2D eigenvalue weighted by Crippen LogP contribution is -2.42. The molecule has 1 saturated heterocycles. The number of hydrogen-bond acceptors (Lipinski definition) is 6. The number of aryl methyl sites for hydroxylation is 1. The molecule has 0 spiro atoms. The van der Waals surface area contributed by atoms with Gasteiger partial charge in [-0.15, -0.1) is 11.8 Å². The van der Waals surface area contributed by atoms with Gasteiger partial charge in [-0.25, -0.2) is 4.52 Å². The number of ether oxygens (including phenoxy) is 3. The molecule has 0 radical (unpaired) electrons. The van der Waals surface area contributed by atoms with E-state index in [0.29, 0.717) is 6.04 Å². The van der Waals surface area contributed by atoms with Crippen LogP contribution in [0.1, 0.15) is 31.2 Å². The van der Waals surface area contributed by atoms with Crippen molar-refractivity contribution in [2.75, 3.05) is 45.1 Å². The maximum absolute atomic E-state index is 5.90. The summed E-state index contributed by atoms with van der Waals surface area (Å²) >= 11 is 1.71. The van der Waals surface area contributed by atoms with Crippen molar-refractivity contribution in [3.8, 4) is 22.8 Å². The monoisotopic (exact) mass is 467 g/mol. The number of methoxy groups -OCH3 is 2. The van der Waals surface area contributed by atoms with Gasteiger partial charge in [0.05, 0.1) is 49.3 Å². The number of hydrogen-bond donors (Lipinski definition) is 0. The largest absolute Gasteiger partial charge is 0.496 e. The molecule has 2 fully saturated rings. The van der Waals surface area contributed by atoms with Crippen LogP contribution in [-0.2, 0) is 4.74 Å². The van der Waals surface area contributed by atoms with E-state index in [1.807, 2.05) is 0 Å². The summed E-state index contributed by atoms with van der Waals surface area (Å²) < 4.78 is 19.5. The van der Waals surface area contributed by atoms with Crippen LogP contribution in [0.5, 0.6) is 11.5 Å². The highest BCUT2D eigenvalue weighted by atomic mass is 32.2. The van der Waals surface area contributed by atoms with Gasteiger partial charge in [-0.1, -0.05) is 6.07 Å². The second-order valence-electron chi connectivity index (χ2n) is 9.08. The Bertz CT molecular complexity index is 1110. The third kappa shape index (κ3) is 4.28. The van der Waals surface area contributed by atoms with Crippen molar-refractivity contribution in [3.63, 3.8) is 0 Å². The number of anilines is 1. The molecule has 2 aliphatic rings. The highest BCUT2D eigenvalue weighted by Crippen LogP contribution is 2.43. The van der Waals surface area contributed by atoms with E-state index in [-0.39, 0.29) is 0 Å². The van der Waals surface area contributed by atoms with Gasteiger partial charge in [-0.2, -0.15) is 5.10 Å². The molecular formula is C26H33N3O3S. The van der Waals surface area contributed by atoms with E-state index < -0.39 is 0 Å². The lowest BCUT2D eigenvalue weighted by atomic mass is 10.0. The molecule has 3 heterocycles. The highest BCUT2D eigenvalue weighted by Gasteiger charge is 2.33. The Hall–Kier alpha value is -2.38. The highest BCUT2D eigenvalue weighted by molar-refractivity contribution is 7.98. The minimum atomic E-state index is 0.394. The maximum atomic E-state index is 5.90. The van der Waals surface area contributed by atoms with E-state index in [4.69, 9.17) is 19.3 Å². The number of thioether (sulfide) groups is 1. The lowest BCUT2D eigenvalue weighted by Gasteiger charge is -2.36. The molecule has 7 heteroatoms. The van der Waals surface area contributed by atoms with Crippen LogP contribution in [0, 0.1) is 12.8 Å². The first-order valence-corrected chi connectivity index (χ1v) is 13.0. The van der Waals surface area contributed by atoms with Crippen molar-refractivity contribution in [1.82, 2.24) is 9.61 Å². The van der Waals surface area contributed by atoms with Gasteiger partial charge in [-0.3, -0.25) is 0 Å². The van der Waals surface area contributed by atoms with Gasteiger partial charge in [0, 0.05) is 13.2 Å². The van der Waals surface area contributed by atoms with Crippen LogP contribution in [0.4, 0.5) is 5.69 Å². The van der Waals surface area contributed by atoms with Crippen molar-refractivity contribution in [3.05, 3.63) is 35.9 Å². The molecule has 1 aliphatic heterocycles. The number of aromatic nitrogens is 2. The summed E-state index contributed by atoms with van der Waals surface area (Å²) in [5, 5.41) is 6.16. The van der Waals surface area contributed by atoms with Gasteiger partial charge in [0.2, 0.25) is 0 Å². The molecule has 2 aromatic heterocycles. The Morgan fingerprint density at radius 2 is 1.91 bits per heavy atom. The van der Waals surface area contributed by atoms with Crippen LogP contribution >= 0.6 is 11.8 Å². The predicted octanol–water partition coefficient (Wildman–Crippen LogP) is 5.44. The first-order chi connectivity index (χ1) is 16.1. The Morgan fingerprint density at radius 1 is 1.15 bits per heavy atom. The van der Waals surface area contributed by atoms with Crippen LogP contribution in [0.2, 0.25) is 0 Å². The van der Waals surface area contributed by atoms with Crippen molar-refractivity contribution < 1.29 is 14.2 Å². The van der Waals surface area contributed by atoms with Gasteiger partial charge < -0.3 is 19.1 Å². The van der Waals surface area contributed by atoms with Gasteiger partial charge in [-0.05, 0) is 74.6 Å². The number of benzene rings is 1. The third-order valence-electron chi connectivity index (χ3n) is 6.72. The van der Waals surface area contributed by atoms with Crippen molar-refractivity contribution in [1.29, 1.82) is 0 Å². The average Bonchev–Trinajstić information content (AvgIpc) is 3.60. The summed E-state index contributed by atoms with van der Waals surface area (Å²) in [4.78, 5) is 2.60. The zero-order valence-electron chi connectivity index (χ0n) is 20.0. The number of rotatable bonds is 8. The minimum Gasteiger partial charge on any atom is -0.496 e. The molecule has 0 N–H and O–H groups in total. The molecule has 1 aromatic carbocycles. The molecule has 0 bridgehead atoms. The minimum absolute atomic E-state index is 0.394. The molecule has 33 heavy (non-hydrogen) atoms. The predicted molar refractivity (Wildman–Crippen MR) is 134 cm³/mol. The Morgan fingerprint density at radius 3 is 2.52 bits per heavy atom. The summed E-state index contributed by atoms with van der Waals surface area (Å²) in [7, 11) is 3.42. The summed E-state index contributed by atoms with van der Waals surface area (Å²) in [5.41, 5.74) is 5.34. The van der Waals surface area contributed by atoms with E-state index >= 15 is 0 Å². The maximum Gasteiger partial charge on any atom is 0.142 e. The van der Waals surface area contributed by atoms with Crippen LogP contribution in [-0.4, -0.2) is 55.9 Å². The fourth-order valence-corrected chi connectivity index (χ4v) is 5.48. The smallest absolute Gasteiger partial charge is 0.142 e. The molecule has 1 atom stereocenters. The molecule has 1 unspecified atom stereocenters. The van der Waals surface area contributed by atoms with Crippen LogP contribution in [0.3, 0.4) is 0 Å². The standard InChI is InChI=1S/C26H33N3O3S/c1-17-13-22(30-2)24(23(14-17)31-3)20-8-5-9-21-25(26(33-4)27-29(20)21)28(15-18-10-11-18)19-7-6-12-32-16-19/h5,8-9,13-14,18-19H,6-7,10-12,15-16H2,1-4H3. The molecule has 176 valence electrons. The molecular weight excluding hydrogens is 434 g/mol. The average molecular weight is 468 g/mol. The van der Waals surface area contributed by atoms with Gasteiger partial charge in [0.25, 0.3) is 0 Å². The van der Waals surface area contributed by atoms with Crippen LogP contribution in [0.15, 0.2) is 35.4 Å². The van der Waals surface area contributed by atoms with E-state index in [2.05, 4.69) is 52.9 Å². The quantitative estimate of drug-likeness (QED) is 0.411. The SMILES string of the molecule is COc1cc(C)cc(OC)c1-c1cccc2c(N(CC3CC3)C3CCCOC3)c(SC)nn12. The lowest BCUT2D eigenvalue weighted by molar-refractivity contribution is 0.0789. The summed E-state index contributed by atoms with van der Waals surface area (Å²) in [5.74, 6) is 2.35. The fraction of sp³-hybridized carbons (Fsp3) is 0.500. The molecule has 5 rings (SSSR count). The topological polar surface area (TPSA) is 48.2 Å². The summed E-state index contributed by atoms with van der Waals surface area (Å²) in [6.07, 6.45) is 7.03. The van der Waals surface area contributed by atoms with E-state index in [0.717, 1.165) is 77.4 Å². The second-order valence-corrected chi connectivity index (χ2v) is 9.87. The summed E-state index contributed by atoms with van der Waals surface area (Å²) in [6, 6.07) is 10.9. The molecule has 1 aliphatic carbocycles. The van der Waals surface area contributed by atoms with E-state index in [1.165, 1.54) is 18.5 Å². The third-order valence-corrected chi connectivity index (χ3v) is 7.38.